The van der Waals surface area contributed by atoms with Crippen molar-refractivity contribution in [1.29, 1.82) is 5.26 Å². The Bertz CT molecular complexity index is 822. The maximum atomic E-state index is 11.9. The highest BCUT2D eigenvalue weighted by Gasteiger charge is 2.13. The van der Waals surface area contributed by atoms with Crippen molar-refractivity contribution in [2.75, 3.05) is 5.73 Å². The second kappa shape index (κ2) is 6.82. The summed E-state index contributed by atoms with van der Waals surface area (Å²) in [5.74, 6) is -0.620. The first-order chi connectivity index (χ1) is 11.0. The molecule has 2 rings (SSSR count). The molecule has 0 saturated carbocycles. The molecule has 0 fully saturated rings. The molecule has 1 amide bonds. The van der Waals surface area contributed by atoms with Crippen LogP contribution in [-0.4, -0.2) is 17.0 Å². The lowest BCUT2D eigenvalue weighted by Crippen LogP contribution is -2.18. The number of nitrogens with one attached hydrogen (secondary N) is 1. The molecule has 0 unspecified atom stereocenters. The normalized spacial score (nSPS) is 10.2. The number of amides is 1. The third-order valence-electron chi connectivity index (χ3n) is 2.83. The fourth-order valence-corrected chi connectivity index (χ4v) is 1.74. The molecule has 0 aliphatic rings. The van der Waals surface area contributed by atoms with Crippen LogP contribution in [0.4, 0.5) is 11.4 Å². The average Bonchev–Trinajstić information content (AvgIpc) is 2.54. The number of nitrogens with two attached hydrogens (primary N) is 1. The fourth-order valence-electron chi connectivity index (χ4n) is 1.74. The Morgan fingerprint density at radius 3 is 2.61 bits per heavy atom. The van der Waals surface area contributed by atoms with Crippen LogP contribution in [0.5, 0.6) is 0 Å². The number of hydrogen-bond donors (Lipinski definition) is 2. The molecule has 0 saturated heterocycles. The highest BCUT2D eigenvalue weighted by atomic mass is 16.6. The van der Waals surface area contributed by atoms with E-state index in [2.05, 4.69) is 10.5 Å². The van der Waals surface area contributed by atoms with Gasteiger partial charge in [0, 0.05) is 17.8 Å². The summed E-state index contributed by atoms with van der Waals surface area (Å²) in [5, 5.41) is 23.2. The Morgan fingerprint density at radius 2 is 2.00 bits per heavy atom. The van der Waals surface area contributed by atoms with E-state index in [9.17, 15) is 14.9 Å². The van der Waals surface area contributed by atoms with E-state index in [1.165, 1.54) is 12.3 Å². The Labute approximate surface area is 131 Å². The highest BCUT2D eigenvalue weighted by Crippen LogP contribution is 2.18. The van der Waals surface area contributed by atoms with Crippen LogP contribution in [0.2, 0.25) is 0 Å². The van der Waals surface area contributed by atoms with Gasteiger partial charge in [-0.2, -0.15) is 10.4 Å². The lowest BCUT2D eigenvalue weighted by molar-refractivity contribution is -0.384. The van der Waals surface area contributed by atoms with Gasteiger partial charge in [0.25, 0.3) is 11.6 Å². The molecule has 0 aliphatic heterocycles. The summed E-state index contributed by atoms with van der Waals surface area (Å²) in [5.41, 5.74) is 8.86. The van der Waals surface area contributed by atoms with E-state index < -0.39 is 10.8 Å². The van der Waals surface area contributed by atoms with Crippen molar-refractivity contribution in [2.24, 2.45) is 5.10 Å². The van der Waals surface area contributed by atoms with Gasteiger partial charge in [0.05, 0.1) is 28.3 Å². The summed E-state index contributed by atoms with van der Waals surface area (Å²) in [6.07, 6.45) is 1.39. The molecule has 0 bridgehead atoms. The van der Waals surface area contributed by atoms with Gasteiger partial charge in [-0.1, -0.05) is 12.1 Å². The van der Waals surface area contributed by atoms with Crippen molar-refractivity contribution in [3.63, 3.8) is 0 Å². The van der Waals surface area contributed by atoms with Crippen LogP contribution in [0.3, 0.4) is 0 Å². The van der Waals surface area contributed by atoms with Crippen LogP contribution < -0.4 is 11.2 Å². The van der Waals surface area contributed by atoms with Crippen LogP contribution in [0.1, 0.15) is 21.5 Å². The van der Waals surface area contributed by atoms with E-state index in [1.807, 2.05) is 6.07 Å². The number of nitrogens with zero attached hydrogens (tertiary/aromatic N) is 3. The molecule has 0 aromatic heterocycles. The first-order valence-electron chi connectivity index (χ1n) is 6.38. The molecule has 0 spiro atoms. The molecular formula is C15H11N5O3. The molecule has 114 valence electrons. The first-order valence-corrected chi connectivity index (χ1v) is 6.38. The van der Waals surface area contributed by atoms with Gasteiger partial charge in [-0.25, -0.2) is 5.43 Å². The second-order valence-electron chi connectivity index (χ2n) is 4.50. The van der Waals surface area contributed by atoms with Crippen LogP contribution in [0, 0.1) is 21.4 Å². The molecule has 0 atom stereocenters. The molecule has 0 aliphatic carbocycles. The minimum absolute atomic E-state index is 0.0358. The SMILES string of the molecule is N#Cc1ccc(/C=N\NC(=O)c2cc(N)cc([N+](=O)[O-])c2)cc1. The molecule has 2 aromatic carbocycles. The zero-order chi connectivity index (χ0) is 16.8. The van der Waals surface area contributed by atoms with Crippen LogP contribution in [0.15, 0.2) is 47.6 Å². The largest absolute Gasteiger partial charge is 0.399 e. The number of benzene rings is 2. The van der Waals surface area contributed by atoms with Gasteiger partial charge in [-0.15, -0.1) is 0 Å². The Kier molecular flexibility index (Phi) is 4.64. The fraction of sp³-hybridized carbons (Fsp3) is 0. The number of anilines is 1. The van der Waals surface area contributed by atoms with Gasteiger partial charge in [0.2, 0.25) is 0 Å². The molecule has 2 aromatic rings. The van der Waals surface area contributed by atoms with E-state index in [4.69, 9.17) is 11.0 Å². The molecular weight excluding hydrogens is 298 g/mol. The number of nitriles is 1. The molecule has 0 heterocycles. The zero-order valence-electron chi connectivity index (χ0n) is 11.8. The summed E-state index contributed by atoms with van der Waals surface area (Å²) in [6, 6.07) is 12.1. The number of rotatable bonds is 4. The minimum Gasteiger partial charge on any atom is -0.399 e. The third kappa shape index (κ3) is 4.12. The Hall–Kier alpha value is -3.73. The van der Waals surface area contributed by atoms with E-state index >= 15 is 0 Å². The number of hydrogen-bond acceptors (Lipinski definition) is 6. The monoisotopic (exact) mass is 309 g/mol. The standard InChI is InChI=1S/C15H11N5O3/c16-8-10-1-3-11(4-2-10)9-18-19-15(21)12-5-13(17)7-14(6-12)20(22)23/h1-7,9H,17H2,(H,19,21)/b18-9-. The van der Waals surface area contributed by atoms with Crippen LogP contribution in [-0.2, 0) is 0 Å². The topological polar surface area (TPSA) is 134 Å². The van der Waals surface area contributed by atoms with Crippen molar-refractivity contribution in [2.45, 2.75) is 0 Å². The van der Waals surface area contributed by atoms with Crippen molar-refractivity contribution in [3.8, 4) is 6.07 Å². The summed E-state index contributed by atoms with van der Waals surface area (Å²) in [6.45, 7) is 0. The number of nitrogen functional groups attached to an aromatic ring is 1. The van der Waals surface area contributed by atoms with E-state index in [0.717, 1.165) is 12.1 Å². The van der Waals surface area contributed by atoms with Crippen molar-refractivity contribution >= 4 is 23.5 Å². The van der Waals surface area contributed by atoms with Crippen molar-refractivity contribution < 1.29 is 9.72 Å². The predicted octanol–water partition coefficient (Wildman–Crippen LogP) is 1.81. The van der Waals surface area contributed by atoms with Crippen LogP contribution >= 0.6 is 0 Å². The smallest absolute Gasteiger partial charge is 0.272 e. The number of non-ortho nitro benzene ring substituents is 1. The number of carbonyl (C=O) groups excluding carboxylic acids is 1. The van der Waals surface area contributed by atoms with Gasteiger partial charge in [0.1, 0.15) is 0 Å². The summed E-state index contributed by atoms with van der Waals surface area (Å²) >= 11 is 0. The minimum atomic E-state index is -0.632. The van der Waals surface area contributed by atoms with Gasteiger partial charge < -0.3 is 5.73 Å². The van der Waals surface area contributed by atoms with Crippen LogP contribution in [0.25, 0.3) is 0 Å². The second-order valence-corrected chi connectivity index (χ2v) is 4.50. The number of hydrazone groups is 1. The molecule has 8 heteroatoms. The van der Waals surface area contributed by atoms with Gasteiger partial charge in [-0.05, 0) is 23.8 Å². The van der Waals surface area contributed by atoms with Gasteiger partial charge in [0.15, 0.2) is 0 Å². The molecule has 0 radical (unpaired) electrons. The number of nitro groups is 1. The summed E-state index contributed by atoms with van der Waals surface area (Å²) in [4.78, 5) is 22.0. The number of nitro benzene ring substituents is 1. The summed E-state index contributed by atoms with van der Waals surface area (Å²) in [7, 11) is 0. The van der Waals surface area contributed by atoms with Gasteiger partial charge >= 0.3 is 0 Å². The highest BCUT2D eigenvalue weighted by molar-refractivity contribution is 5.96. The van der Waals surface area contributed by atoms with Crippen molar-refractivity contribution in [1.82, 2.24) is 5.43 Å². The van der Waals surface area contributed by atoms with Crippen molar-refractivity contribution in [3.05, 3.63) is 69.3 Å². The van der Waals surface area contributed by atoms with E-state index in [0.29, 0.717) is 11.1 Å². The average molecular weight is 309 g/mol. The molecule has 23 heavy (non-hydrogen) atoms. The lowest BCUT2D eigenvalue weighted by Gasteiger charge is -2.02. The van der Waals surface area contributed by atoms with E-state index in [-0.39, 0.29) is 16.9 Å². The maximum Gasteiger partial charge on any atom is 0.272 e. The Balaban J connectivity index is 2.08. The van der Waals surface area contributed by atoms with E-state index in [1.54, 1.807) is 24.3 Å². The molecule has 8 nitrogen and oxygen atoms in total. The summed E-state index contributed by atoms with van der Waals surface area (Å²) < 4.78 is 0. The Morgan fingerprint density at radius 1 is 1.30 bits per heavy atom. The van der Waals surface area contributed by atoms with Gasteiger partial charge in [-0.3, -0.25) is 14.9 Å². The third-order valence-corrected chi connectivity index (χ3v) is 2.83. The zero-order valence-corrected chi connectivity index (χ0v) is 11.8. The first kappa shape index (κ1) is 15.7. The number of carbonyl (C=O) groups is 1. The quantitative estimate of drug-likeness (QED) is 0.384. The molecule has 3 N–H and O–H groups in total. The predicted molar refractivity (Wildman–Crippen MR) is 83.7 cm³/mol. The lowest BCUT2D eigenvalue weighted by atomic mass is 10.1. The maximum absolute atomic E-state index is 11.9.